The largest absolute Gasteiger partial charge is 0.350 e. The molecule has 1 unspecified atom stereocenters. The van der Waals surface area contributed by atoms with Crippen LogP contribution in [0.5, 0.6) is 0 Å². The molecule has 28 heavy (non-hydrogen) atoms. The van der Waals surface area contributed by atoms with E-state index < -0.39 is 0 Å². The fourth-order valence-corrected chi connectivity index (χ4v) is 3.31. The fourth-order valence-electron chi connectivity index (χ4n) is 3.31. The van der Waals surface area contributed by atoms with E-state index in [0.717, 1.165) is 16.6 Å². The SMILES string of the molecule is Cc1cc(C(=O)NCC(c2cccc(F)c2)N(C)C)c2cnn(C(C)C)c2n1. The lowest BCUT2D eigenvalue weighted by atomic mass is 10.1. The standard InChI is InChI=1S/C21H26FN5O/c1-13(2)27-20-18(11-24-27)17(9-14(3)25-20)21(28)23-12-19(26(4)5)15-7-6-8-16(22)10-15/h6-11,13,19H,12H2,1-5H3,(H,23,28). The third kappa shape index (κ3) is 4.04. The average Bonchev–Trinajstić information content (AvgIpc) is 3.04. The van der Waals surface area contributed by atoms with E-state index in [0.29, 0.717) is 17.8 Å². The van der Waals surface area contributed by atoms with E-state index in [9.17, 15) is 9.18 Å². The van der Waals surface area contributed by atoms with Gasteiger partial charge in [-0.3, -0.25) is 4.79 Å². The van der Waals surface area contributed by atoms with Crippen LogP contribution in [-0.2, 0) is 0 Å². The predicted octanol–water partition coefficient (Wildman–Crippen LogP) is 3.49. The summed E-state index contributed by atoms with van der Waals surface area (Å²) in [4.78, 5) is 19.5. The van der Waals surface area contributed by atoms with Crippen molar-refractivity contribution in [3.05, 3.63) is 59.2 Å². The van der Waals surface area contributed by atoms with E-state index in [2.05, 4.69) is 15.4 Å². The van der Waals surface area contributed by atoms with Crippen LogP contribution < -0.4 is 5.32 Å². The molecule has 1 N–H and O–H groups in total. The van der Waals surface area contributed by atoms with Gasteiger partial charge in [0.1, 0.15) is 5.82 Å². The van der Waals surface area contributed by atoms with E-state index in [1.165, 1.54) is 12.1 Å². The van der Waals surface area contributed by atoms with Gasteiger partial charge in [0.15, 0.2) is 5.65 Å². The quantitative estimate of drug-likeness (QED) is 0.708. The maximum Gasteiger partial charge on any atom is 0.252 e. The molecular weight excluding hydrogens is 357 g/mol. The van der Waals surface area contributed by atoms with Gasteiger partial charge >= 0.3 is 0 Å². The predicted molar refractivity (Wildman–Crippen MR) is 108 cm³/mol. The van der Waals surface area contributed by atoms with Crippen molar-refractivity contribution in [3.8, 4) is 0 Å². The number of benzene rings is 1. The van der Waals surface area contributed by atoms with Crippen LogP contribution in [0, 0.1) is 12.7 Å². The number of carbonyl (C=O) groups is 1. The fraction of sp³-hybridized carbons (Fsp3) is 0.381. The lowest BCUT2D eigenvalue weighted by molar-refractivity contribution is 0.0943. The lowest BCUT2D eigenvalue weighted by Crippen LogP contribution is -2.34. The Morgan fingerprint density at radius 3 is 2.68 bits per heavy atom. The van der Waals surface area contributed by atoms with Gasteiger partial charge in [0.2, 0.25) is 0 Å². The van der Waals surface area contributed by atoms with E-state index in [1.54, 1.807) is 18.3 Å². The molecule has 3 aromatic rings. The number of aromatic nitrogens is 3. The molecule has 0 bridgehead atoms. The summed E-state index contributed by atoms with van der Waals surface area (Å²) in [5.41, 5.74) is 2.82. The van der Waals surface area contributed by atoms with E-state index in [-0.39, 0.29) is 23.8 Å². The molecule has 0 saturated heterocycles. The maximum absolute atomic E-state index is 13.6. The second-order valence-electron chi connectivity index (χ2n) is 7.48. The van der Waals surface area contributed by atoms with Crippen molar-refractivity contribution >= 4 is 16.9 Å². The molecule has 0 aliphatic carbocycles. The molecule has 148 valence electrons. The Morgan fingerprint density at radius 1 is 1.29 bits per heavy atom. The first-order valence-electron chi connectivity index (χ1n) is 9.33. The van der Waals surface area contributed by atoms with Gasteiger partial charge in [0, 0.05) is 18.3 Å². The minimum atomic E-state index is -0.289. The van der Waals surface area contributed by atoms with Gasteiger partial charge in [-0.25, -0.2) is 14.1 Å². The van der Waals surface area contributed by atoms with Gasteiger partial charge < -0.3 is 10.2 Å². The molecule has 0 radical (unpaired) electrons. The number of hydrogen-bond acceptors (Lipinski definition) is 4. The third-order valence-electron chi connectivity index (χ3n) is 4.74. The van der Waals surface area contributed by atoms with Crippen molar-refractivity contribution in [2.75, 3.05) is 20.6 Å². The molecule has 6 nitrogen and oxygen atoms in total. The first kappa shape index (κ1) is 19.9. The van der Waals surface area contributed by atoms with Crippen LogP contribution in [0.1, 0.15) is 47.5 Å². The van der Waals surface area contributed by atoms with E-state index in [1.807, 2.05) is 50.5 Å². The summed E-state index contributed by atoms with van der Waals surface area (Å²) in [5, 5.41) is 8.10. The van der Waals surface area contributed by atoms with Crippen LogP contribution in [-0.4, -0.2) is 46.2 Å². The zero-order chi connectivity index (χ0) is 20.4. The van der Waals surface area contributed by atoms with Crippen molar-refractivity contribution in [2.24, 2.45) is 0 Å². The van der Waals surface area contributed by atoms with Crippen LogP contribution >= 0.6 is 0 Å². The van der Waals surface area contributed by atoms with E-state index >= 15 is 0 Å². The highest BCUT2D eigenvalue weighted by Crippen LogP contribution is 2.22. The molecule has 2 heterocycles. The Hall–Kier alpha value is -2.80. The highest BCUT2D eigenvalue weighted by Gasteiger charge is 2.20. The zero-order valence-corrected chi connectivity index (χ0v) is 16.9. The summed E-state index contributed by atoms with van der Waals surface area (Å²) < 4.78 is 15.4. The van der Waals surface area contributed by atoms with Crippen LogP contribution in [0.25, 0.3) is 11.0 Å². The normalized spacial score (nSPS) is 12.7. The van der Waals surface area contributed by atoms with Crippen LogP contribution in [0.2, 0.25) is 0 Å². The van der Waals surface area contributed by atoms with Crippen molar-refractivity contribution < 1.29 is 9.18 Å². The Kier molecular flexibility index (Phi) is 5.74. The summed E-state index contributed by atoms with van der Waals surface area (Å²) in [6.45, 7) is 6.27. The topological polar surface area (TPSA) is 63.1 Å². The average molecular weight is 383 g/mol. The second kappa shape index (κ2) is 8.06. The van der Waals surface area contributed by atoms with Gasteiger partial charge in [-0.05, 0) is 58.6 Å². The van der Waals surface area contributed by atoms with Crippen molar-refractivity contribution in [1.82, 2.24) is 25.0 Å². The maximum atomic E-state index is 13.6. The molecule has 3 rings (SSSR count). The number of likely N-dealkylation sites (N-methyl/N-ethyl adjacent to an activating group) is 1. The number of rotatable bonds is 6. The number of aryl methyl sites for hydroxylation is 1. The monoisotopic (exact) mass is 383 g/mol. The van der Waals surface area contributed by atoms with Crippen LogP contribution in [0.3, 0.4) is 0 Å². The number of carbonyl (C=O) groups excluding carboxylic acids is 1. The molecule has 1 atom stereocenters. The van der Waals surface area contributed by atoms with Crippen molar-refractivity contribution in [1.29, 1.82) is 0 Å². The smallest absolute Gasteiger partial charge is 0.252 e. The molecule has 0 aliphatic heterocycles. The van der Waals surface area contributed by atoms with Crippen LogP contribution in [0.15, 0.2) is 36.5 Å². The van der Waals surface area contributed by atoms with Crippen molar-refractivity contribution in [3.63, 3.8) is 0 Å². The number of pyridine rings is 1. The van der Waals surface area contributed by atoms with Crippen molar-refractivity contribution in [2.45, 2.75) is 32.9 Å². The Morgan fingerprint density at radius 2 is 2.04 bits per heavy atom. The Labute approximate surface area is 164 Å². The molecule has 0 fully saturated rings. The number of halogens is 1. The molecule has 7 heteroatoms. The van der Waals surface area contributed by atoms with Gasteiger partial charge in [-0.1, -0.05) is 12.1 Å². The highest BCUT2D eigenvalue weighted by atomic mass is 19.1. The minimum absolute atomic E-state index is 0.142. The summed E-state index contributed by atoms with van der Waals surface area (Å²) in [5.74, 6) is -0.481. The lowest BCUT2D eigenvalue weighted by Gasteiger charge is -2.25. The first-order valence-corrected chi connectivity index (χ1v) is 9.33. The van der Waals surface area contributed by atoms with Gasteiger partial charge in [0.05, 0.1) is 23.2 Å². The van der Waals surface area contributed by atoms with Gasteiger partial charge in [-0.2, -0.15) is 5.10 Å². The third-order valence-corrected chi connectivity index (χ3v) is 4.74. The number of amides is 1. The molecule has 2 aromatic heterocycles. The highest BCUT2D eigenvalue weighted by molar-refractivity contribution is 6.05. The molecule has 0 spiro atoms. The van der Waals surface area contributed by atoms with Gasteiger partial charge in [0.25, 0.3) is 5.91 Å². The number of hydrogen-bond donors (Lipinski definition) is 1. The van der Waals surface area contributed by atoms with E-state index in [4.69, 9.17) is 0 Å². The number of nitrogens with zero attached hydrogens (tertiary/aromatic N) is 4. The number of fused-ring (bicyclic) bond motifs is 1. The molecule has 0 saturated carbocycles. The molecule has 0 aliphatic rings. The Balaban J connectivity index is 1.86. The molecule has 1 amide bonds. The first-order chi connectivity index (χ1) is 13.3. The summed E-state index contributed by atoms with van der Waals surface area (Å²) in [7, 11) is 3.81. The summed E-state index contributed by atoms with van der Waals surface area (Å²) in [6, 6.07) is 8.23. The van der Waals surface area contributed by atoms with Crippen LogP contribution in [0.4, 0.5) is 4.39 Å². The molecule has 1 aromatic carbocycles. The number of nitrogens with one attached hydrogen (secondary N) is 1. The summed E-state index contributed by atoms with van der Waals surface area (Å²) in [6.07, 6.45) is 1.69. The second-order valence-corrected chi connectivity index (χ2v) is 7.48. The Bertz CT molecular complexity index is 996. The molecular formula is C21H26FN5O. The summed E-state index contributed by atoms with van der Waals surface area (Å²) >= 11 is 0. The minimum Gasteiger partial charge on any atom is -0.350 e. The van der Waals surface area contributed by atoms with Gasteiger partial charge in [-0.15, -0.1) is 0 Å². The zero-order valence-electron chi connectivity index (χ0n) is 16.9.